The van der Waals surface area contributed by atoms with Crippen LogP contribution in [0.2, 0.25) is 0 Å². The van der Waals surface area contributed by atoms with Gasteiger partial charge in [-0.2, -0.15) is 5.10 Å². The molecule has 0 atom stereocenters. The Bertz CT molecular complexity index is 600. The van der Waals surface area contributed by atoms with Crippen molar-refractivity contribution in [3.8, 4) is 11.4 Å². The smallest absolute Gasteiger partial charge is 0.339 e. The summed E-state index contributed by atoms with van der Waals surface area (Å²) in [4.78, 5) is 11.2. The molecule has 0 fully saturated rings. The monoisotopic (exact) mass is 260 g/mol. The lowest BCUT2D eigenvalue weighted by Gasteiger charge is -2.06. The fourth-order valence-electron chi connectivity index (χ4n) is 2.05. The first-order valence-corrected chi connectivity index (χ1v) is 6.07. The fourth-order valence-corrected chi connectivity index (χ4v) is 2.05. The minimum atomic E-state index is -0.952. The van der Waals surface area contributed by atoms with Crippen LogP contribution in [0.1, 0.15) is 28.7 Å². The topological polar surface area (TPSA) is 64.4 Å². The summed E-state index contributed by atoms with van der Waals surface area (Å²) in [7, 11) is 0. The number of carboxylic acid groups (broad SMARTS) is 1. The van der Waals surface area contributed by atoms with Gasteiger partial charge in [0, 0.05) is 0 Å². The molecule has 0 radical (unpaired) electrons. The van der Waals surface area contributed by atoms with Crippen molar-refractivity contribution >= 4 is 5.97 Å². The van der Waals surface area contributed by atoms with E-state index in [2.05, 4.69) is 5.10 Å². The SMILES string of the molecule is CCOc1ccc(-n2nc(C)c(C(=O)O)c2C)cc1. The molecule has 5 nitrogen and oxygen atoms in total. The molecule has 0 saturated heterocycles. The number of carbonyl (C=O) groups is 1. The highest BCUT2D eigenvalue weighted by atomic mass is 16.5. The Morgan fingerprint density at radius 1 is 1.32 bits per heavy atom. The Labute approximate surface area is 111 Å². The molecule has 2 rings (SSSR count). The zero-order chi connectivity index (χ0) is 14.0. The minimum absolute atomic E-state index is 0.258. The molecule has 1 heterocycles. The first-order valence-electron chi connectivity index (χ1n) is 6.07. The molecule has 0 spiro atoms. The van der Waals surface area contributed by atoms with Crippen molar-refractivity contribution in [2.24, 2.45) is 0 Å². The van der Waals surface area contributed by atoms with Crippen LogP contribution in [-0.4, -0.2) is 27.5 Å². The molecular weight excluding hydrogens is 244 g/mol. The van der Waals surface area contributed by atoms with Gasteiger partial charge in [-0.15, -0.1) is 0 Å². The summed E-state index contributed by atoms with van der Waals surface area (Å²) in [5.74, 6) is -0.168. The van der Waals surface area contributed by atoms with E-state index in [1.165, 1.54) is 0 Å². The molecule has 1 aromatic carbocycles. The molecule has 0 aliphatic rings. The van der Waals surface area contributed by atoms with Crippen molar-refractivity contribution in [2.45, 2.75) is 20.8 Å². The van der Waals surface area contributed by atoms with E-state index in [1.54, 1.807) is 18.5 Å². The van der Waals surface area contributed by atoms with E-state index in [0.29, 0.717) is 18.0 Å². The largest absolute Gasteiger partial charge is 0.494 e. The predicted molar refractivity (Wildman–Crippen MR) is 71.2 cm³/mol. The van der Waals surface area contributed by atoms with Gasteiger partial charge in [0.2, 0.25) is 0 Å². The van der Waals surface area contributed by atoms with Crippen LogP contribution < -0.4 is 4.74 Å². The predicted octanol–water partition coefficient (Wildman–Crippen LogP) is 2.59. The van der Waals surface area contributed by atoms with Gasteiger partial charge in [0.1, 0.15) is 11.3 Å². The molecule has 0 aliphatic carbocycles. The van der Waals surface area contributed by atoms with Gasteiger partial charge < -0.3 is 9.84 Å². The van der Waals surface area contributed by atoms with Gasteiger partial charge in [0.25, 0.3) is 0 Å². The molecule has 0 aliphatic heterocycles. The highest BCUT2D eigenvalue weighted by molar-refractivity contribution is 5.90. The number of aromatic nitrogens is 2. The molecule has 2 aromatic rings. The fraction of sp³-hybridized carbons (Fsp3) is 0.286. The van der Waals surface area contributed by atoms with Crippen molar-refractivity contribution in [1.82, 2.24) is 9.78 Å². The van der Waals surface area contributed by atoms with E-state index in [1.807, 2.05) is 31.2 Å². The maximum atomic E-state index is 11.2. The molecule has 1 aromatic heterocycles. The van der Waals surface area contributed by atoms with Crippen LogP contribution in [-0.2, 0) is 0 Å². The Hall–Kier alpha value is -2.30. The van der Waals surface area contributed by atoms with Gasteiger partial charge in [0.05, 0.1) is 23.7 Å². The quantitative estimate of drug-likeness (QED) is 0.917. The van der Waals surface area contributed by atoms with Crippen LogP contribution in [0.15, 0.2) is 24.3 Å². The van der Waals surface area contributed by atoms with Gasteiger partial charge >= 0.3 is 5.97 Å². The van der Waals surface area contributed by atoms with E-state index in [9.17, 15) is 4.79 Å². The Kier molecular flexibility index (Phi) is 3.55. The normalized spacial score (nSPS) is 10.5. The number of benzene rings is 1. The van der Waals surface area contributed by atoms with Crippen LogP contribution >= 0.6 is 0 Å². The van der Waals surface area contributed by atoms with E-state index < -0.39 is 5.97 Å². The lowest BCUT2D eigenvalue weighted by atomic mass is 10.2. The Morgan fingerprint density at radius 2 is 1.95 bits per heavy atom. The van der Waals surface area contributed by atoms with Crippen LogP contribution in [0.5, 0.6) is 5.75 Å². The van der Waals surface area contributed by atoms with Crippen molar-refractivity contribution < 1.29 is 14.6 Å². The van der Waals surface area contributed by atoms with Gasteiger partial charge in [-0.3, -0.25) is 0 Å². The second kappa shape index (κ2) is 5.14. The highest BCUT2D eigenvalue weighted by Gasteiger charge is 2.18. The Morgan fingerprint density at radius 3 is 2.42 bits per heavy atom. The third-order valence-electron chi connectivity index (χ3n) is 2.90. The van der Waals surface area contributed by atoms with Crippen molar-refractivity contribution in [1.29, 1.82) is 0 Å². The number of rotatable bonds is 4. The number of aromatic carboxylic acids is 1. The summed E-state index contributed by atoms with van der Waals surface area (Å²) in [6.07, 6.45) is 0. The highest BCUT2D eigenvalue weighted by Crippen LogP contribution is 2.20. The zero-order valence-electron chi connectivity index (χ0n) is 11.2. The standard InChI is InChI=1S/C14H16N2O3/c1-4-19-12-7-5-11(6-8-12)16-10(3)13(14(17)18)9(2)15-16/h5-8H,4H2,1-3H3,(H,17,18). The van der Waals surface area contributed by atoms with Crippen LogP contribution in [0.3, 0.4) is 0 Å². The number of hydrogen-bond donors (Lipinski definition) is 1. The first kappa shape index (κ1) is 13.1. The Balaban J connectivity index is 2.42. The molecule has 100 valence electrons. The van der Waals surface area contributed by atoms with E-state index >= 15 is 0 Å². The zero-order valence-corrected chi connectivity index (χ0v) is 11.2. The number of nitrogens with zero attached hydrogens (tertiary/aromatic N) is 2. The summed E-state index contributed by atoms with van der Waals surface area (Å²) in [5, 5.41) is 13.4. The molecule has 5 heteroatoms. The van der Waals surface area contributed by atoms with E-state index in [4.69, 9.17) is 9.84 Å². The summed E-state index contributed by atoms with van der Waals surface area (Å²) in [6, 6.07) is 7.40. The van der Waals surface area contributed by atoms with Crippen molar-refractivity contribution in [3.05, 3.63) is 41.2 Å². The second-order valence-corrected chi connectivity index (χ2v) is 4.19. The van der Waals surface area contributed by atoms with E-state index in [-0.39, 0.29) is 5.56 Å². The minimum Gasteiger partial charge on any atom is -0.494 e. The summed E-state index contributed by atoms with van der Waals surface area (Å²) < 4.78 is 7.00. The average Bonchev–Trinajstić information content (AvgIpc) is 2.66. The number of ether oxygens (including phenoxy) is 1. The lowest BCUT2D eigenvalue weighted by molar-refractivity contribution is 0.0695. The van der Waals surface area contributed by atoms with Gasteiger partial charge in [-0.1, -0.05) is 0 Å². The molecule has 0 unspecified atom stereocenters. The molecule has 0 saturated carbocycles. The van der Waals surface area contributed by atoms with Crippen molar-refractivity contribution in [3.63, 3.8) is 0 Å². The van der Waals surface area contributed by atoms with Gasteiger partial charge in [0.15, 0.2) is 0 Å². The van der Waals surface area contributed by atoms with Crippen LogP contribution in [0, 0.1) is 13.8 Å². The number of hydrogen-bond acceptors (Lipinski definition) is 3. The maximum absolute atomic E-state index is 11.2. The van der Waals surface area contributed by atoms with Crippen LogP contribution in [0.25, 0.3) is 5.69 Å². The van der Waals surface area contributed by atoms with Crippen LogP contribution in [0.4, 0.5) is 0 Å². The molecule has 0 amide bonds. The summed E-state index contributed by atoms with van der Waals surface area (Å²) >= 11 is 0. The third-order valence-corrected chi connectivity index (χ3v) is 2.90. The molecule has 0 bridgehead atoms. The molecular formula is C14H16N2O3. The number of aryl methyl sites for hydroxylation is 1. The maximum Gasteiger partial charge on any atom is 0.339 e. The lowest BCUT2D eigenvalue weighted by Crippen LogP contribution is -2.02. The first-order chi connectivity index (χ1) is 9.04. The number of carboxylic acids is 1. The summed E-state index contributed by atoms with van der Waals surface area (Å²) in [5.41, 5.74) is 2.21. The average molecular weight is 260 g/mol. The second-order valence-electron chi connectivity index (χ2n) is 4.19. The van der Waals surface area contributed by atoms with Gasteiger partial charge in [-0.25, -0.2) is 9.48 Å². The third kappa shape index (κ3) is 2.45. The molecule has 1 N–H and O–H groups in total. The molecule has 19 heavy (non-hydrogen) atoms. The van der Waals surface area contributed by atoms with Crippen molar-refractivity contribution in [2.75, 3.05) is 6.61 Å². The summed E-state index contributed by atoms with van der Waals surface area (Å²) in [6.45, 7) is 5.98. The van der Waals surface area contributed by atoms with E-state index in [0.717, 1.165) is 11.4 Å². The van der Waals surface area contributed by atoms with Gasteiger partial charge in [-0.05, 0) is 45.0 Å².